The Bertz CT molecular complexity index is 475. The van der Waals surface area contributed by atoms with E-state index < -0.39 is 47.5 Å². The van der Waals surface area contributed by atoms with E-state index in [2.05, 4.69) is 4.74 Å². The third-order valence-electron chi connectivity index (χ3n) is 4.22. The number of ether oxygens (including phenoxy) is 1. The molecule has 0 aliphatic heterocycles. The molecule has 1 nitrogen and oxygen atoms in total. The molecule has 0 radical (unpaired) electrons. The summed E-state index contributed by atoms with van der Waals surface area (Å²) in [5.74, 6) is 0. The molecular formula is C13H17F11O. The molecule has 0 aliphatic carbocycles. The van der Waals surface area contributed by atoms with Crippen molar-refractivity contribution in [2.24, 2.45) is 0 Å². The first kappa shape index (κ1) is 24.2. The van der Waals surface area contributed by atoms with Gasteiger partial charge in [0.15, 0.2) is 5.67 Å². The summed E-state index contributed by atoms with van der Waals surface area (Å²) >= 11 is 0. The van der Waals surface area contributed by atoms with Gasteiger partial charge in [-0.3, -0.25) is 0 Å². The molecule has 0 aromatic rings. The van der Waals surface area contributed by atoms with Crippen LogP contribution in [0.2, 0.25) is 0 Å². The van der Waals surface area contributed by atoms with Crippen LogP contribution in [0.5, 0.6) is 0 Å². The highest BCUT2D eigenvalue weighted by Gasteiger charge is 2.82. The standard InChI is InChI=1S/C13H17F11O/c1-6-8(4,14)10(16,12(20,21)22)13(23,24)25-7(2,3)9(5,15)11(17,18)19/h6H2,1-5H3. The van der Waals surface area contributed by atoms with Crippen molar-refractivity contribution >= 4 is 0 Å². The predicted molar refractivity (Wildman–Crippen MR) is 65.4 cm³/mol. The SMILES string of the molecule is CCC(C)(F)C(F)(C(F)(F)F)C(F)(F)OC(C)(C)C(C)(F)C(F)(F)F. The van der Waals surface area contributed by atoms with Gasteiger partial charge in [-0.1, -0.05) is 6.92 Å². The van der Waals surface area contributed by atoms with E-state index in [0.29, 0.717) is 6.92 Å². The lowest BCUT2D eigenvalue weighted by molar-refractivity contribution is -0.442. The molecule has 0 aliphatic rings. The van der Waals surface area contributed by atoms with Gasteiger partial charge in [0.25, 0.3) is 0 Å². The molecule has 3 atom stereocenters. The van der Waals surface area contributed by atoms with Gasteiger partial charge in [0, 0.05) is 0 Å². The Morgan fingerprint density at radius 2 is 1.00 bits per heavy atom. The Kier molecular flexibility index (Phi) is 5.92. The summed E-state index contributed by atoms with van der Waals surface area (Å²) in [4.78, 5) is 0. The molecule has 0 heterocycles. The first-order valence-electron chi connectivity index (χ1n) is 6.80. The molecule has 0 rings (SSSR count). The van der Waals surface area contributed by atoms with Gasteiger partial charge < -0.3 is 4.74 Å². The lowest BCUT2D eigenvalue weighted by Crippen LogP contribution is -2.70. The molecule has 0 aromatic heterocycles. The molecule has 0 N–H and O–H groups in total. The van der Waals surface area contributed by atoms with Gasteiger partial charge in [-0.25, -0.2) is 13.2 Å². The van der Waals surface area contributed by atoms with E-state index in [1.165, 1.54) is 0 Å². The van der Waals surface area contributed by atoms with Crippen LogP contribution in [-0.2, 0) is 4.74 Å². The van der Waals surface area contributed by atoms with Crippen LogP contribution < -0.4 is 0 Å². The van der Waals surface area contributed by atoms with E-state index in [-0.39, 0.29) is 27.7 Å². The average Bonchev–Trinajstić information content (AvgIpc) is 2.33. The maximum atomic E-state index is 14.3. The molecule has 0 spiro atoms. The van der Waals surface area contributed by atoms with Gasteiger partial charge in [-0.15, -0.1) is 0 Å². The van der Waals surface area contributed by atoms with Gasteiger partial charge in [-0.2, -0.15) is 35.1 Å². The molecule has 0 bridgehead atoms. The second kappa shape index (κ2) is 6.12. The molecule has 25 heavy (non-hydrogen) atoms. The van der Waals surface area contributed by atoms with Crippen molar-refractivity contribution in [1.82, 2.24) is 0 Å². The summed E-state index contributed by atoms with van der Waals surface area (Å²) in [6.45, 7) is 0.282. The smallest absolute Gasteiger partial charge is 0.308 e. The first-order valence-corrected chi connectivity index (χ1v) is 6.80. The zero-order valence-electron chi connectivity index (χ0n) is 13.8. The Labute approximate surface area is 136 Å². The number of hydrogen-bond donors (Lipinski definition) is 0. The molecule has 152 valence electrons. The largest absolute Gasteiger partial charge is 0.434 e. The highest BCUT2D eigenvalue weighted by Crippen LogP contribution is 2.57. The normalized spacial score (nSPS) is 22.1. The minimum absolute atomic E-state index is 0.0483. The van der Waals surface area contributed by atoms with Crippen molar-refractivity contribution in [3.05, 3.63) is 0 Å². The van der Waals surface area contributed by atoms with Gasteiger partial charge in [0.1, 0.15) is 5.60 Å². The summed E-state index contributed by atoms with van der Waals surface area (Å²) in [5.41, 5.74) is -18.6. The second-order valence-electron chi connectivity index (χ2n) is 6.34. The number of rotatable bonds is 6. The molecule has 12 heteroatoms. The van der Waals surface area contributed by atoms with E-state index in [1.54, 1.807) is 0 Å². The summed E-state index contributed by atoms with van der Waals surface area (Å²) < 4.78 is 150. The summed E-state index contributed by atoms with van der Waals surface area (Å²) in [7, 11) is 0. The van der Waals surface area contributed by atoms with Crippen LogP contribution in [-0.4, -0.2) is 41.1 Å². The Balaban J connectivity index is 6.28. The van der Waals surface area contributed by atoms with Crippen molar-refractivity contribution in [3.63, 3.8) is 0 Å². The van der Waals surface area contributed by atoms with Crippen molar-refractivity contribution < 1.29 is 53.0 Å². The van der Waals surface area contributed by atoms with Gasteiger partial charge in [0.2, 0.25) is 5.67 Å². The first-order chi connectivity index (χ1) is 10.5. The van der Waals surface area contributed by atoms with Gasteiger partial charge in [0.05, 0.1) is 0 Å². The average molecular weight is 398 g/mol. The maximum Gasteiger partial charge on any atom is 0.434 e. The van der Waals surface area contributed by atoms with Crippen molar-refractivity contribution in [1.29, 1.82) is 0 Å². The summed E-state index contributed by atoms with van der Waals surface area (Å²) in [6.07, 6.45) is -20.0. The second-order valence-corrected chi connectivity index (χ2v) is 6.34. The van der Waals surface area contributed by atoms with Crippen LogP contribution in [0.15, 0.2) is 0 Å². The molecule has 0 fully saturated rings. The molecule has 0 saturated heterocycles. The van der Waals surface area contributed by atoms with Crippen LogP contribution in [0.3, 0.4) is 0 Å². The highest BCUT2D eigenvalue weighted by atomic mass is 19.4. The fraction of sp³-hybridized carbons (Fsp3) is 1.00. The van der Waals surface area contributed by atoms with Crippen LogP contribution >= 0.6 is 0 Å². The highest BCUT2D eigenvalue weighted by molar-refractivity contribution is 5.10. The zero-order chi connectivity index (χ0) is 20.9. The fourth-order valence-corrected chi connectivity index (χ4v) is 1.84. The van der Waals surface area contributed by atoms with Gasteiger partial charge >= 0.3 is 24.1 Å². The number of halogens is 11. The molecule has 0 saturated carbocycles. The van der Waals surface area contributed by atoms with E-state index >= 15 is 0 Å². The summed E-state index contributed by atoms with van der Waals surface area (Å²) in [5, 5.41) is 0. The number of hydrogen-bond acceptors (Lipinski definition) is 1. The van der Waals surface area contributed by atoms with Crippen molar-refractivity contribution in [2.75, 3.05) is 0 Å². The molecular weight excluding hydrogens is 381 g/mol. The minimum atomic E-state index is -6.57. The van der Waals surface area contributed by atoms with Crippen molar-refractivity contribution in [2.45, 2.75) is 82.1 Å². The van der Waals surface area contributed by atoms with E-state index in [9.17, 15) is 48.3 Å². The molecule has 0 amide bonds. The Hall–Kier alpha value is -0.810. The van der Waals surface area contributed by atoms with Crippen LogP contribution in [0.25, 0.3) is 0 Å². The molecule has 3 unspecified atom stereocenters. The summed E-state index contributed by atoms with van der Waals surface area (Å²) in [6, 6.07) is 0. The predicted octanol–water partition coefficient (Wildman–Crippen LogP) is 6.07. The van der Waals surface area contributed by atoms with Crippen molar-refractivity contribution in [3.8, 4) is 0 Å². The van der Waals surface area contributed by atoms with E-state index in [1.807, 2.05) is 0 Å². The third kappa shape index (κ3) is 3.68. The zero-order valence-corrected chi connectivity index (χ0v) is 13.8. The minimum Gasteiger partial charge on any atom is -0.308 e. The van der Waals surface area contributed by atoms with Gasteiger partial charge in [-0.05, 0) is 34.1 Å². The van der Waals surface area contributed by atoms with E-state index in [0.717, 1.165) is 0 Å². The maximum absolute atomic E-state index is 14.3. The molecule has 0 aromatic carbocycles. The third-order valence-corrected chi connectivity index (χ3v) is 4.22. The van der Waals surface area contributed by atoms with Crippen LogP contribution in [0.4, 0.5) is 48.3 Å². The Morgan fingerprint density at radius 3 is 1.24 bits per heavy atom. The Morgan fingerprint density at radius 1 is 0.640 bits per heavy atom. The monoisotopic (exact) mass is 398 g/mol. The number of alkyl halides is 11. The topological polar surface area (TPSA) is 9.23 Å². The fourth-order valence-electron chi connectivity index (χ4n) is 1.84. The van der Waals surface area contributed by atoms with E-state index in [4.69, 9.17) is 0 Å². The lowest BCUT2D eigenvalue weighted by atomic mass is 9.82. The quantitative estimate of drug-likeness (QED) is 0.493. The lowest BCUT2D eigenvalue weighted by Gasteiger charge is -2.46. The van der Waals surface area contributed by atoms with Crippen LogP contribution in [0.1, 0.15) is 41.0 Å². The van der Waals surface area contributed by atoms with Crippen LogP contribution in [0, 0.1) is 0 Å².